The van der Waals surface area contributed by atoms with Crippen molar-refractivity contribution in [3.8, 4) is 0 Å². The van der Waals surface area contributed by atoms with Gasteiger partial charge in [-0.05, 0) is 30.4 Å². The van der Waals surface area contributed by atoms with Gasteiger partial charge in [-0.1, -0.05) is 42.4 Å². The molecule has 0 spiro atoms. The van der Waals surface area contributed by atoms with Gasteiger partial charge in [-0.15, -0.1) is 0 Å². The van der Waals surface area contributed by atoms with E-state index in [1.54, 1.807) is 11.8 Å². The van der Waals surface area contributed by atoms with Crippen LogP contribution < -0.4 is 0 Å². The maximum absolute atomic E-state index is 5.89. The fourth-order valence-corrected chi connectivity index (χ4v) is 2.40. The van der Waals surface area contributed by atoms with Gasteiger partial charge in [0.2, 0.25) is 5.23 Å². The Morgan fingerprint density at radius 3 is 2.75 bits per heavy atom. The maximum atomic E-state index is 5.89. The maximum Gasteiger partial charge on any atom is 0.246 e. The molecule has 16 heavy (non-hydrogen) atoms. The molecule has 1 aliphatic rings. The van der Waals surface area contributed by atoms with Gasteiger partial charge in [-0.2, -0.15) is 0 Å². The van der Waals surface area contributed by atoms with Crippen molar-refractivity contribution in [3.05, 3.63) is 34.9 Å². The van der Waals surface area contributed by atoms with E-state index in [9.17, 15) is 0 Å². The predicted molar refractivity (Wildman–Crippen MR) is 70.3 cm³/mol. The van der Waals surface area contributed by atoms with Crippen LogP contribution in [0.4, 0.5) is 0 Å². The molecule has 2 nitrogen and oxygen atoms in total. The third kappa shape index (κ3) is 2.36. The summed E-state index contributed by atoms with van der Waals surface area (Å²) < 4.78 is 5.89. The standard InChI is InChI=1S/C12H14ClNOS/c1-3-16-11-14-8-12(2,15-11)9-4-6-10(13)7-5-9/h4-7H,3,8H2,1-2H3. The summed E-state index contributed by atoms with van der Waals surface area (Å²) in [5.74, 6) is 0.982. The number of hydrogen-bond donors (Lipinski definition) is 0. The normalized spacial score (nSPS) is 24.1. The summed E-state index contributed by atoms with van der Waals surface area (Å²) in [5, 5.41) is 1.54. The van der Waals surface area contributed by atoms with Crippen LogP contribution in [-0.4, -0.2) is 17.5 Å². The summed E-state index contributed by atoms with van der Waals surface area (Å²) in [4.78, 5) is 4.40. The number of benzene rings is 1. The number of hydrogen-bond acceptors (Lipinski definition) is 3. The SMILES string of the molecule is CCSC1=NCC(C)(c2ccc(Cl)cc2)O1. The molecule has 4 heteroatoms. The molecule has 0 amide bonds. The molecule has 1 aromatic rings. The van der Waals surface area contributed by atoms with Gasteiger partial charge in [0, 0.05) is 5.02 Å². The Morgan fingerprint density at radius 2 is 2.12 bits per heavy atom. The molecule has 0 N–H and O–H groups in total. The highest BCUT2D eigenvalue weighted by molar-refractivity contribution is 8.13. The van der Waals surface area contributed by atoms with Gasteiger partial charge in [-0.3, -0.25) is 0 Å². The van der Waals surface area contributed by atoms with E-state index in [0.717, 1.165) is 21.6 Å². The van der Waals surface area contributed by atoms with Crippen LogP contribution in [0, 0.1) is 0 Å². The molecular weight excluding hydrogens is 242 g/mol. The van der Waals surface area contributed by atoms with E-state index in [4.69, 9.17) is 16.3 Å². The van der Waals surface area contributed by atoms with E-state index < -0.39 is 0 Å². The van der Waals surface area contributed by atoms with Crippen molar-refractivity contribution < 1.29 is 4.74 Å². The molecule has 0 fully saturated rings. The lowest BCUT2D eigenvalue weighted by Crippen LogP contribution is -2.25. The summed E-state index contributed by atoms with van der Waals surface area (Å²) in [6, 6.07) is 7.77. The molecule has 1 heterocycles. The summed E-state index contributed by atoms with van der Waals surface area (Å²) >= 11 is 7.51. The number of ether oxygens (including phenoxy) is 1. The molecule has 0 aromatic heterocycles. The van der Waals surface area contributed by atoms with Crippen LogP contribution in [0.3, 0.4) is 0 Å². The van der Waals surface area contributed by atoms with E-state index in [1.807, 2.05) is 24.3 Å². The molecule has 0 bridgehead atoms. The van der Waals surface area contributed by atoms with E-state index in [1.165, 1.54) is 0 Å². The van der Waals surface area contributed by atoms with Crippen LogP contribution in [-0.2, 0) is 10.3 Å². The minimum Gasteiger partial charge on any atom is -0.460 e. The van der Waals surface area contributed by atoms with Gasteiger partial charge < -0.3 is 4.74 Å². The van der Waals surface area contributed by atoms with Gasteiger partial charge in [-0.25, -0.2) is 4.99 Å². The largest absolute Gasteiger partial charge is 0.460 e. The van der Waals surface area contributed by atoms with Crippen LogP contribution in [0.2, 0.25) is 5.02 Å². The van der Waals surface area contributed by atoms with Crippen molar-refractivity contribution in [2.75, 3.05) is 12.3 Å². The van der Waals surface area contributed by atoms with E-state index >= 15 is 0 Å². The van der Waals surface area contributed by atoms with E-state index in [0.29, 0.717) is 6.54 Å². The van der Waals surface area contributed by atoms with Gasteiger partial charge in [0.05, 0.1) is 6.54 Å². The van der Waals surface area contributed by atoms with Crippen molar-refractivity contribution in [3.63, 3.8) is 0 Å². The summed E-state index contributed by atoms with van der Waals surface area (Å²) in [6.45, 7) is 4.83. The average Bonchev–Trinajstić information content (AvgIpc) is 2.63. The lowest BCUT2D eigenvalue weighted by molar-refractivity contribution is 0.113. The molecule has 2 rings (SSSR count). The first kappa shape index (κ1) is 11.8. The lowest BCUT2D eigenvalue weighted by atomic mass is 9.96. The smallest absolute Gasteiger partial charge is 0.246 e. The zero-order chi connectivity index (χ0) is 11.6. The van der Waals surface area contributed by atoms with Crippen LogP contribution in [0.25, 0.3) is 0 Å². The van der Waals surface area contributed by atoms with E-state index in [-0.39, 0.29) is 5.60 Å². The highest BCUT2D eigenvalue weighted by atomic mass is 35.5. The first-order chi connectivity index (χ1) is 7.64. The van der Waals surface area contributed by atoms with Crippen LogP contribution in [0.15, 0.2) is 29.3 Å². The molecule has 0 saturated heterocycles. The fraction of sp³-hybridized carbons (Fsp3) is 0.417. The van der Waals surface area contributed by atoms with Crippen molar-refractivity contribution in [2.45, 2.75) is 19.4 Å². The van der Waals surface area contributed by atoms with Crippen LogP contribution in [0.1, 0.15) is 19.4 Å². The Kier molecular flexibility index (Phi) is 3.45. The molecule has 0 saturated carbocycles. The van der Waals surface area contributed by atoms with Crippen molar-refractivity contribution in [1.82, 2.24) is 0 Å². The van der Waals surface area contributed by atoms with Crippen LogP contribution in [0.5, 0.6) is 0 Å². The number of rotatable bonds is 2. The molecule has 0 radical (unpaired) electrons. The Bertz CT molecular complexity index is 404. The average molecular weight is 256 g/mol. The van der Waals surface area contributed by atoms with Gasteiger partial charge in [0.1, 0.15) is 0 Å². The quantitative estimate of drug-likeness (QED) is 0.804. The second kappa shape index (κ2) is 4.68. The third-order valence-electron chi connectivity index (χ3n) is 2.55. The molecule has 1 aliphatic heterocycles. The van der Waals surface area contributed by atoms with Crippen molar-refractivity contribution >= 4 is 28.6 Å². The Hall–Kier alpha value is -0.670. The van der Waals surface area contributed by atoms with Gasteiger partial charge in [0.25, 0.3) is 0 Å². The summed E-state index contributed by atoms with van der Waals surface area (Å²) in [5.41, 5.74) is 0.787. The van der Waals surface area contributed by atoms with Gasteiger partial charge >= 0.3 is 0 Å². The highest BCUT2D eigenvalue weighted by Crippen LogP contribution is 2.33. The Balaban J connectivity index is 2.14. The fourth-order valence-electron chi connectivity index (χ4n) is 1.62. The molecule has 1 atom stereocenters. The van der Waals surface area contributed by atoms with Gasteiger partial charge in [0.15, 0.2) is 5.60 Å². The topological polar surface area (TPSA) is 21.6 Å². The third-order valence-corrected chi connectivity index (χ3v) is 3.55. The molecule has 1 aromatic carbocycles. The van der Waals surface area contributed by atoms with Crippen LogP contribution >= 0.6 is 23.4 Å². The monoisotopic (exact) mass is 255 g/mol. The first-order valence-electron chi connectivity index (χ1n) is 5.26. The zero-order valence-electron chi connectivity index (χ0n) is 9.37. The number of thioether (sulfide) groups is 1. The molecule has 86 valence electrons. The first-order valence-corrected chi connectivity index (χ1v) is 6.63. The molecule has 0 aliphatic carbocycles. The highest BCUT2D eigenvalue weighted by Gasteiger charge is 2.34. The number of nitrogens with zero attached hydrogens (tertiary/aromatic N) is 1. The van der Waals surface area contributed by atoms with E-state index in [2.05, 4.69) is 18.8 Å². The minimum absolute atomic E-state index is 0.331. The number of halogens is 1. The van der Waals surface area contributed by atoms with Crippen molar-refractivity contribution in [2.24, 2.45) is 4.99 Å². The second-order valence-electron chi connectivity index (χ2n) is 3.85. The Labute approximate surface area is 105 Å². The number of aliphatic imine (C=N–C) groups is 1. The lowest BCUT2D eigenvalue weighted by Gasteiger charge is -2.23. The molecular formula is C12H14ClNOS. The second-order valence-corrected chi connectivity index (χ2v) is 5.51. The zero-order valence-corrected chi connectivity index (χ0v) is 10.9. The summed E-state index contributed by atoms with van der Waals surface area (Å²) in [6.07, 6.45) is 0. The van der Waals surface area contributed by atoms with Crippen molar-refractivity contribution in [1.29, 1.82) is 0 Å². The predicted octanol–water partition coefficient (Wildman–Crippen LogP) is 3.69. The Morgan fingerprint density at radius 1 is 1.44 bits per heavy atom. The minimum atomic E-state index is -0.331. The summed E-state index contributed by atoms with van der Waals surface area (Å²) in [7, 11) is 0. The molecule has 1 unspecified atom stereocenters.